The van der Waals surface area contributed by atoms with Gasteiger partial charge in [-0.25, -0.2) is 14.4 Å². The summed E-state index contributed by atoms with van der Waals surface area (Å²) in [5.41, 5.74) is 3.90. The number of rotatable bonds is 5. The molecule has 0 aliphatic carbocycles. The maximum absolute atomic E-state index is 13.7. The lowest BCUT2D eigenvalue weighted by Crippen LogP contribution is -2.05. The van der Waals surface area contributed by atoms with Gasteiger partial charge in [0, 0.05) is 5.39 Å². The highest BCUT2D eigenvalue weighted by Crippen LogP contribution is 2.34. The Bertz CT molecular complexity index is 1130. The van der Waals surface area contributed by atoms with Crippen LogP contribution in [0.15, 0.2) is 54.9 Å². The zero-order valence-corrected chi connectivity index (χ0v) is 15.5. The van der Waals surface area contributed by atoms with E-state index in [1.807, 2.05) is 37.3 Å². The number of aromatic nitrogens is 4. The summed E-state index contributed by atoms with van der Waals surface area (Å²) in [6.07, 6.45) is 1.48. The lowest BCUT2D eigenvalue weighted by molar-refractivity contribution is 0.419. The minimum absolute atomic E-state index is 0.294. The number of nitrogens with one attached hydrogen (secondary N) is 1. The second-order valence-corrected chi connectivity index (χ2v) is 6.33. The minimum Gasteiger partial charge on any atom is -0.494 e. The van der Waals surface area contributed by atoms with Crippen LogP contribution in [-0.4, -0.2) is 27.3 Å². The SMILES string of the molecule is COc1cc(-c2cccc(F)c2)cc2c(NCc3ccc(C)nn3)ncnc12. The quantitative estimate of drug-likeness (QED) is 0.565. The van der Waals surface area contributed by atoms with Crippen LogP contribution in [-0.2, 0) is 6.54 Å². The topological polar surface area (TPSA) is 72.8 Å². The van der Waals surface area contributed by atoms with Crippen molar-refractivity contribution in [3.8, 4) is 16.9 Å². The van der Waals surface area contributed by atoms with Crippen molar-refractivity contribution >= 4 is 16.7 Å². The van der Waals surface area contributed by atoms with Crippen LogP contribution >= 0.6 is 0 Å². The molecule has 7 heteroatoms. The third-order valence-corrected chi connectivity index (χ3v) is 4.37. The van der Waals surface area contributed by atoms with Gasteiger partial charge in [0.15, 0.2) is 0 Å². The van der Waals surface area contributed by atoms with Gasteiger partial charge in [-0.1, -0.05) is 12.1 Å². The van der Waals surface area contributed by atoms with Crippen LogP contribution in [0, 0.1) is 12.7 Å². The number of hydrogen-bond donors (Lipinski definition) is 1. The van der Waals surface area contributed by atoms with Gasteiger partial charge < -0.3 is 10.1 Å². The van der Waals surface area contributed by atoms with E-state index in [0.29, 0.717) is 23.6 Å². The first kappa shape index (κ1) is 17.8. The van der Waals surface area contributed by atoms with Crippen molar-refractivity contribution in [3.63, 3.8) is 0 Å². The predicted molar refractivity (Wildman–Crippen MR) is 106 cm³/mol. The van der Waals surface area contributed by atoms with Crippen molar-refractivity contribution in [2.24, 2.45) is 0 Å². The van der Waals surface area contributed by atoms with Gasteiger partial charge in [-0.15, -0.1) is 0 Å². The van der Waals surface area contributed by atoms with Crippen LogP contribution in [0.25, 0.3) is 22.0 Å². The Morgan fingerprint density at radius 2 is 1.89 bits per heavy atom. The number of fused-ring (bicyclic) bond motifs is 1. The summed E-state index contributed by atoms with van der Waals surface area (Å²) in [7, 11) is 1.58. The molecule has 1 N–H and O–H groups in total. The highest BCUT2D eigenvalue weighted by molar-refractivity contribution is 5.96. The molecule has 0 bridgehead atoms. The van der Waals surface area contributed by atoms with Crippen LogP contribution in [0.4, 0.5) is 10.2 Å². The smallest absolute Gasteiger partial charge is 0.145 e. The molecule has 0 aliphatic heterocycles. The number of benzene rings is 2. The lowest BCUT2D eigenvalue weighted by Gasteiger charge is -2.12. The Balaban J connectivity index is 1.76. The zero-order chi connectivity index (χ0) is 19.5. The number of aryl methyl sites for hydroxylation is 1. The van der Waals surface area contributed by atoms with Crippen LogP contribution in [0.5, 0.6) is 5.75 Å². The fourth-order valence-electron chi connectivity index (χ4n) is 2.96. The molecule has 0 atom stereocenters. The Morgan fingerprint density at radius 3 is 2.64 bits per heavy atom. The number of halogens is 1. The van der Waals surface area contributed by atoms with E-state index in [1.54, 1.807) is 13.2 Å². The average Bonchev–Trinajstić information content (AvgIpc) is 2.72. The van der Waals surface area contributed by atoms with Crippen molar-refractivity contribution in [2.75, 3.05) is 12.4 Å². The molecule has 2 aromatic heterocycles. The number of hydrogen-bond acceptors (Lipinski definition) is 6. The second kappa shape index (κ2) is 7.56. The summed E-state index contributed by atoms with van der Waals surface area (Å²) in [6.45, 7) is 2.36. The molecular formula is C21H18FN5O. The Labute approximate surface area is 161 Å². The molecule has 0 saturated carbocycles. The fraction of sp³-hybridized carbons (Fsp3) is 0.143. The number of anilines is 1. The zero-order valence-electron chi connectivity index (χ0n) is 15.5. The Kier molecular flexibility index (Phi) is 4.80. The largest absolute Gasteiger partial charge is 0.494 e. The molecule has 0 aliphatic rings. The summed E-state index contributed by atoms with van der Waals surface area (Å²) in [4.78, 5) is 8.72. The molecule has 6 nitrogen and oxygen atoms in total. The van der Waals surface area contributed by atoms with E-state index in [4.69, 9.17) is 4.74 Å². The third-order valence-electron chi connectivity index (χ3n) is 4.37. The lowest BCUT2D eigenvalue weighted by atomic mass is 10.0. The van der Waals surface area contributed by atoms with Gasteiger partial charge >= 0.3 is 0 Å². The first-order valence-corrected chi connectivity index (χ1v) is 8.76. The maximum Gasteiger partial charge on any atom is 0.145 e. The minimum atomic E-state index is -0.294. The van der Waals surface area contributed by atoms with E-state index in [1.165, 1.54) is 18.5 Å². The molecule has 0 radical (unpaired) electrons. The molecule has 0 saturated heterocycles. The summed E-state index contributed by atoms with van der Waals surface area (Å²) in [5, 5.41) is 12.3. The summed E-state index contributed by atoms with van der Waals surface area (Å²) >= 11 is 0. The molecule has 0 unspecified atom stereocenters. The molecule has 0 spiro atoms. The number of nitrogens with zero attached hydrogens (tertiary/aromatic N) is 4. The van der Waals surface area contributed by atoms with E-state index in [2.05, 4.69) is 25.5 Å². The van der Waals surface area contributed by atoms with Gasteiger partial charge in [-0.2, -0.15) is 10.2 Å². The van der Waals surface area contributed by atoms with Gasteiger partial charge in [-0.05, 0) is 54.4 Å². The van der Waals surface area contributed by atoms with Crippen LogP contribution < -0.4 is 10.1 Å². The van der Waals surface area contributed by atoms with Crippen LogP contribution in [0.2, 0.25) is 0 Å². The molecule has 4 aromatic rings. The molecule has 0 amide bonds. The molecule has 2 heterocycles. The van der Waals surface area contributed by atoms with E-state index in [-0.39, 0.29) is 5.82 Å². The van der Waals surface area contributed by atoms with E-state index in [0.717, 1.165) is 27.9 Å². The van der Waals surface area contributed by atoms with Gasteiger partial charge in [0.2, 0.25) is 0 Å². The fourth-order valence-corrected chi connectivity index (χ4v) is 2.96. The summed E-state index contributed by atoms with van der Waals surface area (Å²) in [5.74, 6) is 0.943. The van der Waals surface area contributed by atoms with Crippen molar-refractivity contribution < 1.29 is 9.13 Å². The molecule has 4 rings (SSSR count). The first-order chi connectivity index (χ1) is 13.6. The van der Waals surface area contributed by atoms with Gasteiger partial charge in [0.25, 0.3) is 0 Å². The molecule has 140 valence electrons. The van der Waals surface area contributed by atoms with Crippen LogP contribution in [0.1, 0.15) is 11.4 Å². The van der Waals surface area contributed by atoms with Crippen molar-refractivity contribution in [1.29, 1.82) is 0 Å². The van der Waals surface area contributed by atoms with Gasteiger partial charge in [0.1, 0.15) is 29.2 Å². The van der Waals surface area contributed by atoms with Crippen molar-refractivity contribution in [2.45, 2.75) is 13.5 Å². The average molecular weight is 375 g/mol. The standard InChI is InChI=1S/C21H18FN5O/c1-13-6-7-17(27-26-13)11-23-21-18-9-15(14-4-3-5-16(22)8-14)10-19(28-2)20(18)24-12-25-21/h3-10,12H,11H2,1-2H3,(H,23,24,25). The van der Waals surface area contributed by atoms with Gasteiger partial charge in [-0.3, -0.25) is 0 Å². The van der Waals surface area contributed by atoms with Crippen LogP contribution in [0.3, 0.4) is 0 Å². The molecule has 2 aromatic carbocycles. The summed E-state index contributed by atoms with van der Waals surface area (Å²) < 4.78 is 19.2. The molecule has 28 heavy (non-hydrogen) atoms. The first-order valence-electron chi connectivity index (χ1n) is 8.76. The Hall–Kier alpha value is -3.61. The summed E-state index contributed by atoms with van der Waals surface area (Å²) in [6, 6.07) is 14.0. The van der Waals surface area contributed by atoms with Crippen molar-refractivity contribution in [3.05, 3.63) is 72.1 Å². The van der Waals surface area contributed by atoms with E-state index < -0.39 is 0 Å². The molecular weight excluding hydrogens is 357 g/mol. The van der Waals surface area contributed by atoms with Gasteiger partial charge in [0.05, 0.1) is 25.0 Å². The number of ether oxygens (including phenoxy) is 1. The number of methoxy groups -OCH3 is 1. The van der Waals surface area contributed by atoms with Crippen molar-refractivity contribution in [1.82, 2.24) is 20.2 Å². The van der Waals surface area contributed by atoms with E-state index in [9.17, 15) is 4.39 Å². The van der Waals surface area contributed by atoms with E-state index >= 15 is 0 Å². The second-order valence-electron chi connectivity index (χ2n) is 6.33. The predicted octanol–water partition coefficient (Wildman–Crippen LogP) is 4.16. The molecule has 0 fully saturated rings. The highest BCUT2D eigenvalue weighted by atomic mass is 19.1. The third kappa shape index (κ3) is 3.59. The normalized spacial score (nSPS) is 10.8. The Morgan fingerprint density at radius 1 is 1.00 bits per heavy atom. The monoisotopic (exact) mass is 375 g/mol. The highest BCUT2D eigenvalue weighted by Gasteiger charge is 2.12. The maximum atomic E-state index is 13.7.